The largest absolute Gasteiger partial charge is 1.00 e. The number of hydrogen-bond donors (Lipinski definition) is 0. The maximum Gasteiger partial charge on any atom is 1.00 e. The molecule has 2 heteroatoms. The maximum atomic E-state index is 3.29. The minimum absolute atomic E-state index is 0. The van der Waals surface area contributed by atoms with Gasteiger partial charge in [0.25, 0.3) is 0 Å². The Morgan fingerprint density at radius 1 is 1.25 bits per heavy atom. The van der Waals surface area contributed by atoms with Gasteiger partial charge in [-0.05, 0) is 0 Å². The van der Waals surface area contributed by atoms with Crippen molar-refractivity contribution in [1.29, 1.82) is 0 Å². The Kier molecular flexibility index (Phi) is 4.25. The van der Waals surface area contributed by atoms with Crippen LogP contribution >= 0.6 is 15.9 Å². The van der Waals surface area contributed by atoms with E-state index >= 15 is 0 Å². The molecule has 0 unspecified atom stereocenters. The summed E-state index contributed by atoms with van der Waals surface area (Å²) in [6.07, 6.45) is 0. The van der Waals surface area contributed by atoms with E-state index in [0.29, 0.717) is 0 Å². The van der Waals surface area contributed by atoms with Crippen molar-refractivity contribution in [2.24, 2.45) is 0 Å². The van der Waals surface area contributed by atoms with E-state index in [9.17, 15) is 0 Å². The van der Waals surface area contributed by atoms with E-state index in [2.05, 4.69) is 22.0 Å². The molecule has 0 aliphatic carbocycles. The predicted molar refractivity (Wildman–Crippen MR) is 33.0 cm³/mol. The molecule has 0 heterocycles. The monoisotopic (exact) mass is 218 g/mol. The van der Waals surface area contributed by atoms with Gasteiger partial charge in [0, 0.05) is 0 Å². The molecule has 0 spiro atoms. The summed E-state index contributed by atoms with van der Waals surface area (Å²) in [5.74, 6) is 0. The molecule has 1 aromatic rings. The van der Waals surface area contributed by atoms with Crippen molar-refractivity contribution < 1.29 is 17.1 Å². The molecule has 0 N–H and O–H groups in total. The fourth-order valence-electron chi connectivity index (χ4n) is 0.367. The smallest absolute Gasteiger partial charge is 0.184 e. The van der Waals surface area contributed by atoms with Crippen LogP contribution in [0.3, 0.4) is 0 Å². The third-order valence-corrected chi connectivity index (χ3v) is 1.21. The molecule has 0 aliphatic heterocycles. The van der Waals surface area contributed by atoms with E-state index in [1.165, 1.54) is 0 Å². The Labute approximate surface area is 67.9 Å². The van der Waals surface area contributed by atoms with Crippen molar-refractivity contribution in [3.63, 3.8) is 0 Å². The number of benzene rings is 1. The van der Waals surface area contributed by atoms with E-state index in [0.717, 1.165) is 4.47 Å². The van der Waals surface area contributed by atoms with Crippen molar-refractivity contribution in [3.05, 3.63) is 34.8 Å². The van der Waals surface area contributed by atoms with Gasteiger partial charge in [0.05, 0.1) is 0 Å². The molecule has 0 bridgehead atoms. The minimum atomic E-state index is 0. The molecule has 1 rings (SSSR count). The van der Waals surface area contributed by atoms with Gasteiger partial charge in [0.15, 0.2) is 0 Å². The van der Waals surface area contributed by atoms with Crippen LogP contribution in [0, 0.1) is 6.07 Å². The fourth-order valence-corrected chi connectivity index (χ4v) is 0.631. The van der Waals surface area contributed by atoms with Crippen LogP contribution in [0.25, 0.3) is 0 Å². The zero-order valence-electron chi connectivity index (χ0n) is 3.99. The normalized spacial score (nSPS) is 7.62. The van der Waals surface area contributed by atoms with Gasteiger partial charge in [0.1, 0.15) is 0 Å². The SMILES string of the molecule is Brc1cc[c-]cc1.[Cu+]. The number of halogens is 1. The molecular formula is C6H4BrCu. The Bertz CT molecular complexity index is 138. The molecule has 0 fully saturated rings. The van der Waals surface area contributed by atoms with E-state index < -0.39 is 0 Å². The van der Waals surface area contributed by atoms with Crippen LogP contribution in [0.1, 0.15) is 0 Å². The van der Waals surface area contributed by atoms with Crippen molar-refractivity contribution in [2.75, 3.05) is 0 Å². The Balaban J connectivity index is 0.000000490. The molecule has 0 aliphatic rings. The maximum absolute atomic E-state index is 3.29. The average molecular weight is 220 g/mol. The van der Waals surface area contributed by atoms with Crippen molar-refractivity contribution in [2.45, 2.75) is 0 Å². The predicted octanol–water partition coefficient (Wildman–Crippen LogP) is 2.25. The van der Waals surface area contributed by atoms with E-state index in [1.807, 2.05) is 24.3 Å². The van der Waals surface area contributed by atoms with Gasteiger partial charge in [-0.1, -0.05) is 20.4 Å². The van der Waals surface area contributed by atoms with Gasteiger partial charge in [-0.3, -0.25) is 0 Å². The minimum Gasteiger partial charge on any atom is -0.184 e. The Morgan fingerprint density at radius 3 is 2.00 bits per heavy atom. The standard InChI is InChI=1S/C6H4Br.Cu/c7-6-4-2-1-3-5-6;/h2-5H;/q-1;+1. The van der Waals surface area contributed by atoms with Crippen LogP contribution in [0.2, 0.25) is 0 Å². The summed E-state index contributed by atoms with van der Waals surface area (Å²) in [6, 6.07) is 10.5. The molecular weight excluding hydrogens is 216 g/mol. The molecule has 0 saturated heterocycles. The summed E-state index contributed by atoms with van der Waals surface area (Å²) < 4.78 is 1.10. The Morgan fingerprint density at radius 2 is 1.75 bits per heavy atom. The zero-order chi connectivity index (χ0) is 5.11. The second-order valence-corrected chi connectivity index (χ2v) is 2.13. The second-order valence-electron chi connectivity index (χ2n) is 1.22. The first-order valence-corrected chi connectivity index (χ1v) is 2.80. The molecule has 0 radical (unpaired) electrons. The van der Waals surface area contributed by atoms with Gasteiger partial charge in [-0.2, -0.15) is 30.3 Å². The van der Waals surface area contributed by atoms with Crippen LogP contribution in [0.5, 0.6) is 0 Å². The number of rotatable bonds is 0. The first-order valence-electron chi connectivity index (χ1n) is 2.01. The van der Waals surface area contributed by atoms with Crippen LogP contribution < -0.4 is 0 Å². The zero-order valence-corrected chi connectivity index (χ0v) is 6.52. The molecule has 1 aromatic carbocycles. The first kappa shape index (κ1) is 8.22. The van der Waals surface area contributed by atoms with E-state index in [1.54, 1.807) is 0 Å². The van der Waals surface area contributed by atoms with Gasteiger partial charge >= 0.3 is 17.1 Å². The van der Waals surface area contributed by atoms with E-state index in [4.69, 9.17) is 0 Å². The van der Waals surface area contributed by atoms with Crippen LogP contribution in [0.15, 0.2) is 28.7 Å². The van der Waals surface area contributed by atoms with Crippen molar-refractivity contribution in [1.82, 2.24) is 0 Å². The van der Waals surface area contributed by atoms with Crippen molar-refractivity contribution in [3.8, 4) is 0 Å². The topological polar surface area (TPSA) is 0 Å². The van der Waals surface area contributed by atoms with Crippen LogP contribution in [0.4, 0.5) is 0 Å². The van der Waals surface area contributed by atoms with Gasteiger partial charge in [0.2, 0.25) is 0 Å². The van der Waals surface area contributed by atoms with Gasteiger partial charge in [-0.15, -0.1) is 0 Å². The summed E-state index contributed by atoms with van der Waals surface area (Å²) in [5.41, 5.74) is 0. The van der Waals surface area contributed by atoms with Crippen LogP contribution in [-0.2, 0) is 17.1 Å². The summed E-state index contributed by atoms with van der Waals surface area (Å²) in [7, 11) is 0. The first-order chi connectivity index (χ1) is 3.39. The average Bonchev–Trinajstić information content (AvgIpc) is 1.69. The summed E-state index contributed by atoms with van der Waals surface area (Å²) in [4.78, 5) is 0. The molecule has 0 saturated carbocycles. The Hall–Kier alpha value is 0.219. The molecule has 0 nitrogen and oxygen atoms in total. The fraction of sp³-hybridized carbons (Fsp3) is 0. The van der Waals surface area contributed by atoms with Crippen molar-refractivity contribution >= 4 is 15.9 Å². The second kappa shape index (κ2) is 4.13. The van der Waals surface area contributed by atoms with Gasteiger partial charge in [-0.25, -0.2) is 0 Å². The quantitative estimate of drug-likeness (QED) is 0.464. The summed E-state index contributed by atoms with van der Waals surface area (Å²) >= 11 is 3.29. The molecule has 0 aromatic heterocycles. The third-order valence-electron chi connectivity index (χ3n) is 0.678. The molecule has 0 amide bonds. The van der Waals surface area contributed by atoms with Gasteiger partial charge < -0.3 is 0 Å². The molecule has 46 valence electrons. The molecule has 8 heavy (non-hydrogen) atoms. The van der Waals surface area contributed by atoms with E-state index in [-0.39, 0.29) is 17.1 Å². The summed E-state index contributed by atoms with van der Waals surface area (Å²) in [5, 5.41) is 0. The van der Waals surface area contributed by atoms with Crippen LogP contribution in [-0.4, -0.2) is 0 Å². The number of hydrogen-bond acceptors (Lipinski definition) is 0. The third kappa shape index (κ3) is 2.51. The molecule has 0 atom stereocenters. The summed E-state index contributed by atoms with van der Waals surface area (Å²) in [6.45, 7) is 0.